The van der Waals surface area contributed by atoms with Gasteiger partial charge in [0.2, 0.25) is 10.0 Å². The highest BCUT2D eigenvalue weighted by Crippen LogP contribution is 2.27. The number of fused-ring (bicyclic) bond motifs is 1. The topological polar surface area (TPSA) is 85.7 Å². The van der Waals surface area contributed by atoms with Gasteiger partial charge in [-0.2, -0.15) is 0 Å². The van der Waals surface area contributed by atoms with Gasteiger partial charge in [-0.15, -0.1) is 0 Å². The van der Waals surface area contributed by atoms with Crippen LogP contribution in [-0.4, -0.2) is 44.3 Å². The van der Waals surface area contributed by atoms with Crippen molar-refractivity contribution in [2.45, 2.75) is 13.0 Å². The highest BCUT2D eigenvalue weighted by Gasteiger charge is 2.33. The van der Waals surface area contributed by atoms with E-state index in [-0.39, 0.29) is 11.3 Å². The van der Waals surface area contributed by atoms with E-state index in [2.05, 4.69) is 0 Å². The molecular weight excluding hydrogens is 399 g/mol. The van der Waals surface area contributed by atoms with Crippen molar-refractivity contribution in [3.05, 3.63) is 66.1 Å². The number of esters is 1. The van der Waals surface area contributed by atoms with Crippen LogP contribution in [0.4, 0.5) is 10.1 Å². The van der Waals surface area contributed by atoms with Gasteiger partial charge in [0, 0.05) is 11.6 Å². The number of sulfonamides is 1. The standard InChI is InChI=1S/C20H19FN2O5S/c1-13(23(29(3,26)27)18-11-7-5-9-16(18)21)19(24)22-12-15(20(25)28-2)14-8-4-6-10-17(14)22/h4-13H,1-3H3/t13-/m1/s1. The second-order valence-electron chi connectivity index (χ2n) is 6.45. The first-order valence-corrected chi connectivity index (χ1v) is 10.5. The van der Waals surface area contributed by atoms with E-state index in [1.165, 1.54) is 43.0 Å². The number of ether oxygens (including phenoxy) is 1. The number of carbonyl (C=O) groups excluding carboxylic acids is 2. The van der Waals surface area contributed by atoms with E-state index in [4.69, 9.17) is 4.74 Å². The van der Waals surface area contributed by atoms with E-state index >= 15 is 0 Å². The van der Waals surface area contributed by atoms with Gasteiger partial charge in [-0.1, -0.05) is 30.3 Å². The largest absolute Gasteiger partial charge is 0.465 e. The van der Waals surface area contributed by atoms with Gasteiger partial charge in [0.15, 0.2) is 0 Å². The maximum absolute atomic E-state index is 14.3. The van der Waals surface area contributed by atoms with Crippen molar-refractivity contribution < 1.29 is 27.1 Å². The van der Waals surface area contributed by atoms with E-state index in [9.17, 15) is 22.4 Å². The molecule has 0 unspecified atom stereocenters. The summed E-state index contributed by atoms with van der Waals surface area (Å²) in [6.45, 7) is 1.36. The van der Waals surface area contributed by atoms with Crippen LogP contribution in [0.3, 0.4) is 0 Å². The minimum atomic E-state index is -3.99. The summed E-state index contributed by atoms with van der Waals surface area (Å²) >= 11 is 0. The molecule has 7 nitrogen and oxygen atoms in total. The average molecular weight is 418 g/mol. The van der Waals surface area contributed by atoms with E-state index < -0.39 is 33.8 Å². The van der Waals surface area contributed by atoms with Crippen molar-refractivity contribution >= 4 is 38.5 Å². The lowest BCUT2D eigenvalue weighted by molar-refractivity contribution is 0.0603. The predicted molar refractivity (Wildman–Crippen MR) is 107 cm³/mol. The summed E-state index contributed by atoms with van der Waals surface area (Å²) in [5.41, 5.74) is 0.340. The number of nitrogens with zero attached hydrogens (tertiary/aromatic N) is 2. The molecule has 0 amide bonds. The Morgan fingerprint density at radius 2 is 1.72 bits per heavy atom. The Bertz CT molecular complexity index is 1200. The molecule has 0 saturated heterocycles. The number of rotatable bonds is 5. The lowest BCUT2D eigenvalue weighted by Gasteiger charge is -2.28. The SMILES string of the molecule is COC(=O)c1cn(C(=O)[C@@H](C)N(c2ccccc2F)S(C)(=O)=O)c2ccccc12. The molecule has 0 aliphatic heterocycles. The summed E-state index contributed by atoms with van der Waals surface area (Å²) in [5, 5.41) is 0.483. The van der Waals surface area contributed by atoms with Gasteiger partial charge in [0.1, 0.15) is 11.9 Å². The molecule has 0 spiro atoms. The van der Waals surface area contributed by atoms with Crippen molar-refractivity contribution in [2.24, 2.45) is 0 Å². The molecule has 0 aliphatic rings. The van der Waals surface area contributed by atoms with Crippen LogP contribution in [0.1, 0.15) is 22.1 Å². The minimum Gasteiger partial charge on any atom is -0.465 e. The van der Waals surface area contributed by atoms with Crippen LogP contribution in [0.5, 0.6) is 0 Å². The number of hydrogen-bond acceptors (Lipinski definition) is 5. The number of para-hydroxylation sites is 2. The van der Waals surface area contributed by atoms with E-state index in [0.717, 1.165) is 16.6 Å². The third-order valence-corrected chi connectivity index (χ3v) is 5.74. The summed E-state index contributed by atoms with van der Waals surface area (Å²) in [6.07, 6.45) is 2.20. The smallest absolute Gasteiger partial charge is 0.340 e. The zero-order valence-electron chi connectivity index (χ0n) is 16.0. The van der Waals surface area contributed by atoms with Crippen LogP contribution >= 0.6 is 0 Å². The normalized spacial score (nSPS) is 12.6. The number of methoxy groups -OCH3 is 1. The highest BCUT2D eigenvalue weighted by atomic mass is 32.2. The van der Waals surface area contributed by atoms with Gasteiger partial charge < -0.3 is 4.74 Å². The van der Waals surface area contributed by atoms with Crippen LogP contribution in [0.15, 0.2) is 54.7 Å². The van der Waals surface area contributed by atoms with Gasteiger partial charge in [0.25, 0.3) is 5.91 Å². The summed E-state index contributed by atoms with van der Waals surface area (Å²) in [5.74, 6) is -2.05. The molecular formula is C20H19FN2O5S. The number of halogens is 1. The number of anilines is 1. The highest BCUT2D eigenvalue weighted by molar-refractivity contribution is 7.92. The van der Waals surface area contributed by atoms with Gasteiger partial charge in [-0.3, -0.25) is 13.7 Å². The van der Waals surface area contributed by atoms with Crippen molar-refractivity contribution in [3.63, 3.8) is 0 Å². The number of benzene rings is 2. The second-order valence-corrected chi connectivity index (χ2v) is 8.31. The monoisotopic (exact) mass is 418 g/mol. The van der Waals surface area contributed by atoms with Gasteiger partial charge in [-0.25, -0.2) is 17.6 Å². The third kappa shape index (κ3) is 3.73. The van der Waals surface area contributed by atoms with Crippen LogP contribution in [0, 0.1) is 5.82 Å². The first kappa shape index (κ1) is 20.5. The van der Waals surface area contributed by atoms with Crippen LogP contribution in [0.25, 0.3) is 10.9 Å². The Morgan fingerprint density at radius 3 is 2.34 bits per heavy atom. The molecule has 9 heteroatoms. The number of aromatic nitrogens is 1. The zero-order valence-corrected chi connectivity index (χ0v) is 16.8. The van der Waals surface area contributed by atoms with Crippen molar-refractivity contribution in [1.29, 1.82) is 0 Å². The quantitative estimate of drug-likeness (QED) is 0.595. The first-order chi connectivity index (χ1) is 13.7. The first-order valence-electron chi connectivity index (χ1n) is 8.63. The molecule has 3 aromatic rings. The van der Waals surface area contributed by atoms with E-state index in [1.54, 1.807) is 24.3 Å². The van der Waals surface area contributed by atoms with Crippen LogP contribution < -0.4 is 4.31 Å². The molecule has 1 heterocycles. The zero-order chi connectivity index (χ0) is 21.3. The molecule has 29 heavy (non-hydrogen) atoms. The Kier molecular flexibility index (Phi) is 5.43. The summed E-state index contributed by atoms with van der Waals surface area (Å²) in [6, 6.07) is 10.7. The van der Waals surface area contributed by atoms with Crippen molar-refractivity contribution in [2.75, 3.05) is 17.7 Å². The Labute approximate surface area is 167 Å². The number of hydrogen-bond donors (Lipinski definition) is 0. The van der Waals surface area contributed by atoms with E-state index in [1.807, 2.05) is 0 Å². The number of carbonyl (C=O) groups is 2. The van der Waals surface area contributed by atoms with Crippen LogP contribution in [0.2, 0.25) is 0 Å². The van der Waals surface area contributed by atoms with Crippen molar-refractivity contribution in [3.8, 4) is 0 Å². The Hall–Kier alpha value is -3.20. The minimum absolute atomic E-state index is 0.167. The fourth-order valence-electron chi connectivity index (χ4n) is 3.24. The lowest BCUT2D eigenvalue weighted by Crippen LogP contribution is -2.45. The summed E-state index contributed by atoms with van der Waals surface area (Å²) < 4.78 is 45.8. The molecule has 1 aromatic heterocycles. The third-order valence-electron chi connectivity index (χ3n) is 4.51. The summed E-state index contributed by atoms with van der Waals surface area (Å²) in [7, 11) is -2.77. The lowest BCUT2D eigenvalue weighted by atomic mass is 10.2. The van der Waals surface area contributed by atoms with Gasteiger partial charge in [-0.05, 0) is 25.1 Å². The maximum atomic E-state index is 14.3. The van der Waals surface area contributed by atoms with Gasteiger partial charge >= 0.3 is 5.97 Å². The molecule has 152 valence electrons. The molecule has 3 rings (SSSR count). The van der Waals surface area contributed by atoms with Crippen molar-refractivity contribution in [1.82, 2.24) is 4.57 Å². The molecule has 0 fully saturated rings. The maximum Gasteiger partial charge on any atom is 0.340 e. The summed E-state index contributed by atoms with van der Waals surface area (Å²) in [4.78, 5) is 25.3. The predicted octanol–water partition coefficient (Wildman–Crippen LogP) is 3.06. The fourth-order valence-corrected chi connectivity index (χ4v) is 4.41. The fraction of sp³-hybridized carbons (Fsp3) is 0.200. The molecule has 2 aromatic carbocycles. The van der Waals surface area contributed by atoms with E-state index in [0.29, 0.717) is 10.9 Å². The second kappa shape index (κ2) is 7.67. The molecule has 0 aliphatic carbocycles. The molecule has 0 N–H and O–H groups in total. The van der Waals surface area contributed by atoms with Crippen LogP contribution in [-0.2, 0) is 14.8 Å². The molecule has 0 saturated carbocycles. The molecule has 0 bridgehead atoms. The Balaban J connectivity index is 2.14. The van der Waals surface area contributed by atoms with Gasteiger partial charge in [0.05, 0.1) is 30.1 Å². The Morgan fingerprint density at radius 1 is 1.10 bits per heavy atom. The average Bonchev–Trinajstić information content (AvgIpc) is 3.07. The molecule has 1 atom stereocenters. The molecule has 0 radical (unpaired) electrons.